The van der Waals surface area contributed by atoms with Gasteiger partial charge in [0.25, 0.3) is 0 Å². The predicted molar refractivity (Wildman–Crippen MR) is 93.9 cm³/mol. The Kier molecular flexibility index (Phi) is 8.63. The quantitative estimate of drug-likeness (QED) is 0.686. The van der Waals surface area contributed by atoms with E-state index < -0.39 is 0 Å². The number of nitrogens with one attached hydrogen (secondary N) is 1. The number of hydrogen-bond acceptors (Lipinski definition) is 2. The van der Waals surface area contributed by atoms with E-state index in [0.29, 0.717) is 12.1 Å². The highest BCUT2D eigenvalue weighted by atomic mass is 15.1. The second-order valence-electron chi connectivity index (χ2n) is 6.20. The Hall–Kier alpha value is -0.860. The lowest BCUT2D eigenvalue weighted by atomic mass is 10.0. The molecule has 1 N–H and O–H groups in total. The Morgan fingerprint density at radius 2 is 1.71 bits per heavy atom. The number of rotatable bonds is 10. The highest BCUT2D eigenvalue weighted by molar-refractivity contribution is 5.25. The SMILES string of the molecule is CCCNC(CN(C)C(C)CC)c1ccc(CCC)cc1. The third kappa shape index (κ3) is 6.19. The second-order valence-corrected chi connectivity index (χ2v) is 6.20. The summed E-state index contributed by atoms with van der Waals surface area (Å²) in [6, 6.07) is 10.3. The molecule has 0 saturated heterocycles. The molecule has 120 valence electrons. The first-order chi connectivity index (χ1) is 10.1. The zero-order valence-electron chi connectivity index (χ0n) is 14.7. The fourth-order valence-corrected chi connectivity index (χ4v) is 2.59. The molecular formula is C19H34N2. The van der Waals surface area contributed by atoms with E-state index in [9.17, 15) is 0 Å². The van der Waals surface area contributed by atoms with Crippen molar-refractivity contribution < 1.29 is 0 Å². The Morgan fingerprint density at radius 3 is 2.24 bits per heavy atom. The zero-order valence-corrected chi connectivity index (χ0v) is 14.7. The third-order valence-corrected chi connectivity index (χ3v) is 4.38. The number of nitrogens with zero attached hydrogens (tertiary/aromatic N) is 1. The summed E-state index contributed by atoms with van der Waals surface area (Å²) in [5.41, 5.74) is 2.87. The summed E-state index contributed by atoms with van der Waals surface area (Å²) in [5.74, 6) is 0. The molecule has 0 aliphatic heterocycles. The van der Waals surface area contributed by atoms with Crippen LogP contribution >= 0.6 is 0 Å². The van der Waals surface area contributed by atoms with E-state index in [1.54, 1.807) is 0 Å². The molecule has 1 aromatic carbocycles. The van der Waals surface area contributed by atoms with Crippen LogP contribution in [-0.2, 0) is 6.42 Å². The lowest BCUT2D eigenvalue weighted by Crippen LogP contribution is -2.37. The predicted octanol–water partition coefficient (Wildman–Crippen LogP) is 4.41. The fourth-order valence-electron chi connectivity index (χ4n) is 2.59. The molecule has 1 aromatic rings. The maximum absolute atomic E-state index is 3.71. The van der Waals surface area contributed by atoms with Crippen molar-refractivity contribution in [3.63, 3.8) is 0 Å². The first kappa shape index (κ1) is 18.2. The number of aryl methyl sites for hydroxylation is 1. The Balaban J connectivity index is 2.75. The molecule has 0 fully saturated rings. The van der Waals surface area contributed by atoms with Gasteiger partial charge in [-0.25, -0.2) is 0 Å². The first-order valence-corrected chi connectivity index (χ1v) is 8.64. The van der Waals surface area contributed by atoms with Gasteiger partial charge in [0.15, 0.2) is 0 Å². The zero-order chi connectivity index (χ0) is 15.7. The van der Waals surface area contributed by atoms with Gasteiger partial charge in [-0.2, -0.15) is 0 Å². The van der Waals surface area contributed by atoms with Gasteiger partial charge < -0.3 is 10.2 Å². The summed E-state index contributed by atoms with van der Waals surface area (Å²) >= 11 is 0. The van der Waals surface area contributed by atoms with Crippen LogP contribution in [0.25, 0.3) is 0 Å². The maximum atomic E-state index is 3.71. The maximum Gasteiger partial charge on any atom is 0.0449 e. The number of hydrogen-bond donors (Lipinski definition) is 1. The van der Waals surface area contributed by atoms with E-state index >= 15 is 0 Å². The molecule has 2 atom stereocenters. The van der Waals surface area contributed by atoms with Gasteiger partial charge in [0, 0.05) is 18.6 Å². The Morgan fingerprint density at radius 1 is 1.05 bits per heavy atom. The van der Waals surface area contributed by atoms with Crippen LogP contribution in [0, 0.1) is 0 Å². The molecule has 2 heteroatoms. The summed E-state index contributed by atoms with van der Waals surface area (Å²) in [7, 11) is 2.24. The van der Waals surface area contributed by atoms with Crippen LogP contribution in [0.5, 0.6) is 0 Å². The molecule has 0 aliphatic carbocycles. The lowest BCUT2D eigenvalue weighted by molar-refractivity contribution is 0.224. The molecule has 2 unspecified atom stereocenters. The van der Waals surface area contributed by atoms with Gasteiger partial charge in [0.05, 0.1) is 0 Å². The Bertz CT molecular complexity index is 372. The normalized spacial score (nSPS) is 14.4. The van der Waals surface area contributed by atoms with E-state index in [0.717, 1.165) is 13.1 Å². The number of likely N-dealkylation sites (N-methyl/N-ethyl adjacent to an activating group) is 1. The largest absolute Gasteiger partial charge is 0.309 e. The van der Waals surface area contributed by atoms with Crippen LogP contribution in [-0.4, -0.2) is 31.1 Å². The lowest BCUT2D eigenvalue weighted by Gasteiger charge is -2.29. The van der Waals surface area contributed by atoms with Crippen LogP contribution < -0.4 is 5.32 Å². The highest BCUT2D eigenvalue weighted by Crippen LogP contribution is 2.17. The first-order valence-electron chi connectivity index (χ1n) is 8.64. The van der Waals surface area contributed by atoms with Gasteiger partial charge in [-0.05, 0) is 50.9 Å². The van der Waals surface area contributed by atoms with Crippen LogP contribution in [0.2, 0.25) is 0 Å². The minimum absolute atomic E-state index is 0.430. The molecule has 0 aliphatic rings. The monoisotopic (exact) mass is 290 g/mol. The minimum atomic E-state index is 0.430. The van der Waals surface area contributed by atoms with Gasteiger partial charge in [0.2, 0.25) is 0 Å². The van der Waals surface area contributed by atoms with Gasteiger partial charge in [-0.15, -0.1) is 0 Å². The summed E-state index contributed by atoms with van der Waals surface area (Å²) in [4.78, 5) is 2.47. The van der Waals surface area contributed by atoms with E-state index in [-0.39, 0.29) is 0 Å². The molecule has 0 bridgehead atoms. The molecule has 0 aromatic heterocycles. The smallest absolute Gasteiger partial charge is 0.0449 e. The summed E-state index contributed by atoms with van der Waals surface area (Å²) in [5, 5.41) is 3.71. The van der Waals surface area contributed by atoms with Gasteiger partial charge >= 0.3 is 0 Å². The molecule has 1 rings (SSSR count). The van der Waals surface area contributed by atoms with Crippen LogP contribution in [0.3, 0.4) is 0 Å². The average Bonchev–Trinajstić information content (AvgIpc) is 2.51. The number of benzene rings is 1. The molecule has 0 heterocycles. The van der Waals surface area contributed by atoms with Gasteiger partial charge in [-0.3, -0.25) is 0 Å². The van der Waals surface area contributed by atoms with Crippen LogP contribution in [0.15, 0.2) is 24.3 Å². The van der Waals surface area contributed by atoms with Crippen molar-refractivity contribution in [1.29, 1.82) is 0 Å². The van der Waals surface area contributed by atoms with Gasteiger partial charge in [0.1, 0.15) is 0 Å². The van der Waals surface area contributed by atoms with Crippen molar-refractivity contribution in [2.24, 2.45) is 0 Å². The topological polar surface area (TPSA) is 15.3 Å². The van der Waals surface area contributed by atoms with E-state index in [1.165, 1.54) is 36.8 Å². The molecule has 0 spiro atoms. The second kappa shape index (κ2) is 9.97. The summed E-state index contributed by atoms with van der Waals surface area (Å²) in [6.45, 7) is 11.2. The molecule has 0 amide bonds. The van der Waals surface area contributed by atoms with E-state index in [4.69, 9.17) is 0 Å². The van der Waals surface area contributed by atoms with Crippen molar-refractivity contribution in [2.75, 3.05) is 20.1 Å². The van der Waals surface area contributed by atoms with Crippen molar-refractivity contribution >= 4 is 0 Å². The van der Waals surface area contributed by atoms with Gasteiger partial charge in [-0.1, -0.05) is 51.5 Å². The van der Waals surface area contributed by atoms with Crippen molar-refractivity contribution in [3.8, 4) is 0 Å². The third-order valence-electron chi connectivity index (χ3n) is 4.38. The molecular weight excluding hydrogens is 256 g/mol. The highest BCUT2D eigenvalue weighted by Gasteiger charge is 2.16. The molecule has 2 nitrogen and oxygen atoms in total. The minimum Gasteiger partial charge on any atom is -0.309 e. The van der Waals surface area contributed by atoms with E-state index in [1.807, 2.05) is 0 Å². The average molecular weight is 290 g/mol. The summed E-state index contributed by atoms with van der Waals surface area (Å²) < 4.78 is 0. The standard InChI is InChI=1S/C19H34N2/c1-6-9-17-10-12-18(13-11-17)19(20-14-7-2)15-21(5)16(4)8-3/h10-13,16,19-20H,6-9,14-15H2,1-5H3. The molecule has 0 saturated carbocycles. The van der Waals surface area contributed by atoms with Crippen molar-refractivity contribution in [3.05, 3.63) is 35.4 Å². The fraction of sp³-hybridized carbons (Fsp3) is 0.684. The molecule has 0 radical (unpaired) electrons. The molecule has 21 heavy (non-hydrogen) atoms. The van der Waals surface area contributed by atoms with Crippen molar-refractivity contribution in [2.45, 2.75) is 65.5 Å². The van der Waals surface area contributed by atoms with Crippen molar-refractivity contribution in [1.82, 2.24) is 10.2 Å². The van der Waals surface area contributed by atoms with E-state index in [2.05, 4.69) is 69.2 Å². The summed E-state index contributed by atoms with van der Waals surface area (Å²) in [6.07, 6.45) is 4.78. The Labute approximate surface area is 131 Å². The van der Waals surface area contributed by atoms with Crippen LogP contribution in [0.1, 0.15) is 64.1 Å². The van der Waals surface area contributed by atoms with Crippen LogP contribution in [0.4, 0.5) is 0 Å².